The zero-order chi connectivity index (χ0) is 14.8. The molecule has 1 unspecified atom stereocenters. The Labute approximate surface area is 124 Å². The van der Waals surface area contributed by atoms with E-state index >= 15 is 0 Å². The molecular formula is C13H14N4O3S. The van der Waals surface area contributed by atoms with E-state index in [4.69, 9.17) is 4.74 Å². The minimum atomic E-state index is -0.488. The van der Waals surface area contributed by atoms with E-state index in [2.05, 4.69) is 15.6 Å². The first-order valence-corrected chi connectivity index (χ1v) is 7.58. The summed E-state index contributed by atoms with van der Waals surface area (Å²) in [4.78, 5) is 23.0. The first-order valence-electron chi connectivity index (χ1n) is 6.64. The third-order valence-corrected chi connectivity index (χ3v) is 3.96. The molecule has 2 aromatic heterocycles. The van der Waals surface area contributed by atoms with Crippen LogP contribution < -0.4 is 10.1 Å². The molecule has 3 rings (SSSR count). The zero-order valence-electron chi connectivity index (χ0n) is 11.4. The normalized spacial score (nSPS) is 18.6. The summed E-state index contributed by atoms with van der Waals surface area (Å²) in [6.07, 6.45) is 2.47. The fourth-order valence-corrected chi connectivity index (χ4v) is 2.99. The van der Waals surface area contributed by atoms with Crippen molar-refractivity contribution in [3.05, 3.63) is 17.0 Å². The number of aromatic nitrogens is 3. The van der Waals surface area contributed by atoms with Gasteiger partial charge in [-0.2, -0.15) is 0 Å². The second-order valence-electron chi connectivity index (χ2n) is 4.63. The molecule has 0 bridgehead atoms. The number of nitrogens with one attached hydrogen (secondary N) is 1. The SMILES string of the molecule is CCOc1cscc1-c1cn(C2CCC(=O)NC2=O)nn1. The van der Waals surface area contributed by atoms with Crippen molar-refractivity contribution in [2.24, 2.45) is 0 Å². The van der Waals surface area contributed by atoms with Gasteiger partial charge in [-0.15, -0.1) is 16.4 Å². The number of rotatable bonds is 4. The maximum atomic E-state index is 11.8. The number of imide groups is 1. The number of thiophene rings is 1. The van der Waals surface area contributed by atoms with Gasteiger partial charge in [-0.1, -0.05) is 5.21 Å². The molecule has 0 aromatic carbocycles. The molecule has 2 amide bonds. The molecule has 0 aliphatic carbocycles. The average Bonchev–Trinajstić information content (AvgIpc) is 3.07. The molecule has 8 heteroatoms. The number of ether oxygens (including phenoxy) is 1. The fourth-order valence-electron chi connectivity index (χ4n) is 2.23. The molecule has 1 atom stereocenters. The second kappa shape index (κ2) is 5.65. The van der Waals surface area contributed by atoms with Crippen molar-refractivity contribution in [2.75, 3.05) is 6.61 Å². The number of hydrogen-bond acceptors (Lipinski definition) is 6. The van der Waals surface area contributed by atoms with Crippen LogP contribution in [0, 0.1) is 0 Å². The van der Waals surface area contributed by atoms with E-state index in [-0.39, 0.29) is 11.8 Å². The Kier molecular flexibility index (Phi) is 3.70. The van der Waals surface area contributed by atoms with Crippen LogP contribution in [0.25, 0.3) is 11.3 Å². The number of nitrogens with zero attached hydrogens (tertiary/aromatic N) is 3. The van der Waals surface area contributed by atoms with E-state index in [1.54, 1.807) is 6.20 Å². The molecule has 110 valence electrons. The van der Waals surface area contributed by atoms with Crippen LogP contribution in [0.2, 0.25) is 0 Å². The van der Waals surface area contributed by atoms with E-state index in [9.17, 15) is 9.59 Å². The number of piperidine rings is 1. The van der Waals surface area contributed by atoms with Crippen molar-refractivity contribution in [1.82, 2.24) is 20.3 Å². The van der Waals surface area contributed by atoms with Crippen LogP contribution in [0.3, 0.4) is 0 Å². The van der Waals surface area contributed by atoms with Crippen LogP contribution in [0.1, 0.15) is 25.8 Å². The number of carbonyl (C=O) groups is 2. The molecular weight excluding hydrogens is 292 g/mol. The highest BCUT2D eigenvalue weighted by molar-refractivity contribution is 7.08. The van der Waals surface area contributed by atoms with Gasteiger partial charge in [0.25, 0.3) is 5.91 Å². The van der Waals surface area contributed by atoms with Crippen molar-refractivity contribution < 1.29 is 14.3 Å². The maximum absolute atomic E-state index is 11.8. The van der Waals surface area contributed by atoms with Gasteiger partial charge in [0.05, 0.1) is 18.4 Å². The Morgan fingerprint density at radius 3 is 3.10 bits per heavy atom. The molecule has 0 saturated carbocycles. The highest BCUT2D eigenvalue weighted by atomic mass is 32.1. The molecule has 1 aliphatic rings. The van der Waals surface area contributed by atoms with Crippen molar-refractivity contribution in [3.8, 4) is 17.0 Å². The zero-order valence-corrected chi connectivity index (χ0v) is 12.2. The summed E-state index contributed by atoms with van der Waals surface area (Å²) >= 11 is 1.52. The molecule has 21 heavy (non-hydrogen) atoms. The highest BCUT2D eigenvalue weighted by Gasteiger charge is 2.29. The van der Waals surface area contributed by atoms with Gasteiger partial charge in [-0.05, 0) is 13.3 Å². The van der Waals surface area contributed by atoms with Crippen LogP contribution >= 0.6 is 11.3 Å². The summed E-state index contributed by atoms with van der Waals surface area (Å²) in [7, 11) is 0. The van der Waals surface area contributed by atoms with Gasteiger partial charge >= 0.3 is 0 Å². The number of amides is 2. The third-order valence-electron chi connectivity index (χ3n) is 3.24. The molecule has 1 aliphatic heterocycles. The summed E-state index contributed by atoms with van der Waals surface area (Å²) in [5.74, 6) is 0.184. The molecule has 0 spiro atoms. The largest absolute Gasteiger partial charge is 0.492 e. The van der Waals surface area contributed by atoms with E-state index in [1.807, 2.05) is 17.7 Å². The molecule has 0 radical (unpaired) electrons. The van der Waals surface area contributed by atoms with Crippen LogP contribution in [0.4, 0.5) is 0 Å². The minimum Gasteiger partial charge on any atom is -0.492 e. The van der Waals surface area contributed by atoms with E-state index in [0.29, 0.717) is 25.1 Å². The predicted octanol–water partition coefficient (Wildman–Crippen LogP) is 1.38. The lowest BCUT2D eigenvalue weighted by atomic mass is 10.1. The second-order valence-corrected chi connectivity index (χ2v) is 5.38. The summed E-state index contributed by atoms with van der Waals surface area (Å²) in [6.45, 7) is 2.49. The van der Waals surface area contributed by atoms with Crippen LogP contribution in [-0.2, 0) is 9.59 Å². The lowest BCUT2D eigenvalue weighted by Crippen LogP contribution is -2.41. The van der Waals surface area contributed by atoms with Crippen molar-refractivity contribution in [2.45, 2.75) is 25.8 Å². The average molecular weight is 306 g/mol. The molecule has 7 nitrogen and oxygen atoms in total. The fraction of sp³-hybridized carbons (Fsp3) is 0.385. The van der Waals surface area contributed by atoms with E-state index in [1.165, 1.54) is 16.0 Å². The molecule has 1 saturated heterocycles. The van der Waals surface area contributed by atoms with Crippen LogP contribution in [0.15, 0.2) is 17.0 Å². The molecule has 1 N–H and O–H groups in total. The number of carbonyl (C=O) groups excluding carboxylic acids is 2. The lowest BCUT2D eigenvalue weighted by molar-refractivity contribution is -0.136. The molecule has 3 heterocycles. The molecule has 2 aromatic rings. The van der Waals surface area contributed by atoms with E-state index in [0.717, 1.165) is 11.3 Å². The Balaban J connectivity index is 1.84. The van der Waals surface area contributed by atoms with Crippen molar-refractivity contribution in [3.63, 3.8) is 0 Å². The minimum absolute atomic E-state index is 0.243. The Morgan fingerprint density at radius 1 is 1.48 bits per heavy atom. The highest BCUT2D eigenvalue weighted by Crippen LogP contribution is 2.33. The van der Waals surface area contributed by atoms with E-state index < -0.39 is 6.04 Å². The predicted molar refractivity (Wildman–Crippen MR) is 75.9 cm³/mol. The standard InChI is InChI=1S/C13H14N4O3S/c1-2-20-11-7-21-6-8(11)9-5-17(16-15-9)10-3-4-12(18)14-13(10)19/h5-7,10H,2-4H2,1H3,(H,14,18,19). The monoisotopic (exact) mass is 306 g/mol. The van der Waals surface area contributed by atoms with Crippen molar-refractivity contribution in [1.29, 1.82) is 0 Å². The first-order chi connectivity index (χ1) is 10.2. The first kappa shape index (κ1) is 13.7. The Hall–Kier alpha value is -2.22. The van der Waals surface area contributed by atoms with Gasteiger partial charge < -0.3 is 4.74 Å². The Bertz CT molecular complexity index is 679. The molecule has 1 fully saturated rings. The van der Waals surface area contributed by atoms with Gasteiger partial charge in [0.2, 0.25) is 5.91 Å². The summed E-state index contributed by atoms with van der Waals surface area (Å²) in [5, 5.41) is 14.3. The summed E-state index contributed by atoms with van der Waals surface area (Å²) in [5.41, 5.74) is 1.52. The smallest absolute Gasteiger partial charge is 0.251 e. The van der Waals surface area contributed by atoms with Crippen LogP contribution in [-0.4, -0.2) is 33.4 Å². The van der Waals surface area contributed by atoms with Gasteiger partial charge in [-0.25, -0.2) is 4.68 Å². The van der Waals surface area contributed by atoms with Gasteiger partial charge in [0.15, 0.2) is 0 Å². The van der Waals surface area contributed by atoms with Gasteiger partial charge in [0.1, 0.15) is 17.5 Å². The van der Waals surface area contributed by atoms with Gasteiger partial charge in [0, 0.05) is 17.2 Å². The summed E-state index contributed by atoms with van der Waals surface area (Å²) in [6, 6.07) is -0.488. The van der Waals surface area contributed by atoms with Gasteiger partial charge in [-0.3, -0.25) is 14.9 Å². The third kappa shape index (κ3) is 2.66. The quantitative estimate of drug-likeness (QED) is 0.863. The number of hydrogen-bond donors (Lipinski definition) is 1. The summed E-state index contributed by atoms with van der Waals surface area (Å²) < 4.78 is 7.04. The topological polar surface area (TPSA) is 86.1 Å². The Morgan fingerprint density at radius 2 is 2.33 bits per heavy atom. The lowest BCUT2D eigenvalue weighted by Gasteiger charge is -2.20. The van der Waals surface area contributed by atoms with Crippen LogP contribution in [0.5, 0.6) is 5.75 Å². The van der Waals surface area contributed by atoms with Crippen molar-refractivity contribution >= 4 is 23.2 Å². The maximum Gasteiger partial charge on any atom is 0.251 e.